The lowest BCUT2D eigenvalue weighted by atomic mass is 9.98. The van der Waals surface area contributed by atoms with E-state index in [1.54, 1.807) is 14.2 Å². The summed E-state index contributed by atoms with van der Waals surface area (Å²) in [6.07, 6.45) is 0.176. The number of fused-ring (bicyclic) bond motifs is 1. The normalized spacial score (nSPS) is 16.8. The molecule has 0 saturated carbocycles. The first-order valence-electron chi connectivity index (χ1n) is 6.43. The average Bonchev–Trinajstić information content (AvgIpc) is 2.45. The largest absolute Gasteiger partial charge is 0.493 e. The Morgan fingerprint density at radius 1 is 1.32 bits per heavy atom. The maximum absolute atomic E-state index is 9.50. The Hall–Kier alpha value is -1.30. The van der Waals surface area contributed by atoms with Gasteiger partial charge < -0.3 is 19.7 Å². The van der Waals surface area contributed by atoms with Crippen LogP contribution in [0.25, 0.3) is 0 Å². The summed E-state index contributed by atoms with van der Waals surface area (Å²) in [4.78, 5) is 2.13. The molecule has 5 nitrogen and oxygen atoms in total. The van der Waals surface area contributed by atoms with E-state index in [1.807, 2.05) is 12.1 Å². The topological polar surface area (TPSA) is 62.2 Å². The molecule has 106 valence electrons. The quantitative estimate of drug-likeness (QED) is 0.809. The second kappa shape index (κ2) is 6.23. The van der Waals surface area contributed by atoms with Gasteiger partial charge in [-0.2, -0.15) is 0 Å². The van der Waals surface area contributed by atoms with Crippen molar-refractivity contribution in [3.63, 3.8) is 0 Å². The van der Waals surface area contributed by atoms with Crippen LogP contribution in [0.15, 0.2) is 12.1 Å². The molecule has 0 bridgehead atoms. The van der Waals surface area contributed by atoms with Crippen LogP contribution in [-0.4, -0.2) is 55.1 Å². The van der Waals surface area contributed by atoms with Crippen molar-refractivity contribution in [3.05, 3.63) is 23.3 Å². The van der Waals surface area contributed by atoms with E-state index in [2.05, 4.69) is 4.90 Å². The van der Waals surface area contributed by atoms with Crippen LogP contribution in [0.2, 0.25) is 0 Å². The SMILES string of the molecule is COc1ccc2c(c1OC)CCN(CC(O)CO)C2. The van der Waals surface area contributed by atoms with E-state index in [0.29, 0.717) is 6.54 Å². The highest BCUT2D eigenvalue weighted by atomic mass is 16.5. The maximum Gasteiger partial charge on any atom is 0.164 e. The number of benzene rings is 1. The van der Waals surface area contributed by atoms with Gasteiger partial charge in [-0.1, -0.05) is 6.07 Å². The fourth-order valence-electron chi connectivity index (χ4n) is 2.56. The van der Waals surface area contributed by atoms with Gasteiger partial charge in [0.15, 0.2) is 11.5 Å². The van der Waals surface area contributed by atoms with E-state index in [-0.39, 0.29) is 6.61 Å². The van der Waals surface area contributed by atoms with Gasteiger partial charge in [-0.25, -0.2) is 0 Å². The molecule has 1 aliphatic heterocycles. The maximum atomic E-state index is 9.50. The second-order valence-electron chi connectivity index (χ2n) is 4.76. The summed E-state index contributed by atoms with van der Waals surface area (Å²) in [5, 5.41) is 18.4. The van der Waals surface area contributed by atoms with Crippen molar-refractivity contribution in [2.75, 3.05) is 33.9 Å². The summed E-state index contributed by atoms with van der Waals surface area (Å²) >= 11 is 0. The van der Waals surface area contributed by atoms with Crippen molar-refractivity contribution < 1.29 is 19.7 Å². The van der Waals surface area contributed by atoms with Crippen LogP contribution in [0.3, 0.4) is 0 Å². The molecule has 1 aliphatic rings. The Kier molecular flexibility index (Phi) is 4.63. The molecule has 1 aromatic carbocycles. The molecule has 0 amide bonds. The molecule has 0 aliphatic carbocycles. The van der Waals surface area contributed by atoms with Crippen molar-refractivity contribution in [2.45, 2.75) is 19.1 Å². The van der Waals surface area contributed by atoms with Crippen molar-refractivity contribution in [3.8, 4) is 11.5 Å². The fraction of sp³-hybridized carbons (Fsp3) is 0.571. The minimum Gasteiger partial charge on any atom is -0.493 e. The Bertz CT molecular complexity index is 436. The second-order valence-corrected chi connectivity index (χ2v) is 4.76. The number of hydrogen-bond donors (Lipinski definition) is 2. The predicted molar refractivity (Wildman–Crippen MR) is 71.6 cm³/mol. The third kappa shape index (κ3) is 3.00. The van der Waals surface area contributed by atoms with Gasteiger partial charge in [0.05, 0.1) is 26.9 Å². The highest BCUT2D eigenvalue weighted by Gasteiger charge is 2.23. The number of rotatable bonds is 5. The van der Waals surface area contributed by atoms with Crippen LogP contribution < -0.4 is 9.47 Å². The predicted octanol–water partition coefficient (Wildman–Crippen LogP) is 0.415. The van der Waals surface area contributed by atoms with Gasteiger partial charge in [-0.3, -0.25) is 4.90 Å². The van der Waals surface area contributed by atoms with Crippen molar-refractivity contribution in [1.29, 1.82) is 0 Å². The van der Waals surface area contributed by atoms with E-state index in [9.17, 15) is 5.11 Å². The third-order valence-corrected chi connectivity index (χ3v) is 3.50. The highest BCUT2D eigenvalue weighted by Crippen LogP contribution is 2.36. The molecule has 0 saturated heterocycles. The Balaban J connectivity index is 2.18. The van der Waals surface area contributed by atoms with Crippen molar-refractivity contribution >= 4 is 0 Å². The molecule has 5 heteroatoms. The summed E-state index contributed by atoms with van der Waals surface area (Å²) in [6, 6.07) is 3.94. The number of ether oxygens (including phenoxy) is 2. The van der Waals surface area contributed by atoms with Gasteiger partial charge in [0.2, 0.25) is 0 Å². The van der Waals surface area contributed by atoms with E-state index in [4.69, 9.17) is 14.6 Å². The molecule has 1 atom stereocenters. The summed E-state index contributed by atoms with van der Waals surface area (Å²) in [5.74, 6) is 1.56. The number of aliphatic hydroxyl groups is 2. The average molecular weight is 267 g/mol. The molecule has 1 heterocycles. The van der Waals surface area contributed by atoms with Gasteiger partial charge in [0, 0.05) is 25.2 Å². The molecule has 2 N–H and O–H groups in total. The molecule has 1 unspecified atom stereocenters. The van der Waals surface area contributed by atoms with Crippen LogP contribution in [0.4, 0.5) is 0 Å². The van der Waals surface area contributed by atoms with Crippen LogP contribution in [0.1, 0.15) is 11.1 Å². The van der Waals surface area contributed by atoms with Crippen LogP contribution >= 0.6 is 0 Å². The monoisotopic (exact) mass is 267 g/mol. The lowest BCUT2D eigenvalue weighted by Crippen LogP contribution is -2.38. The smallest absolute Gasteiger partial charge is 0.164 e. The van der Waals surface area contributed by atoms with E-state index >= 15 is 0 Å². The standard InChI is InChI=1S/C14H21NO4/c1-18-13-4-3-10-7-15(8-11(17)9-16)6-5-12(10)14(13)19-2/h3-4,11,16-17H,5-9H2,1-2H3. The number of methoxy groups -OCH3 is 2. The summed E-state index contributed by atoms with van der Waals surface area (Å²) in [5.41, 5.74) is 2.37. The van der Waals surface area contributed by atoms with Crippen LogP contribution in [-0.2, 0) is 13.0 Å². The van der Waals surface area contributed by atoms with Gasteiger partial charge in [0.1, 0.15) is 0 Å². The van der Waals surface area contributed by atoms with Crippen LogP contribution in [0, 0.1) is 0 Å². The van der Waals surface area contributed by atoms with Crippen molar-refractivity contribution in [2.24, 2.45) is 0 Å². The Morgan fingerprint density at radius 3 is 2.74 bits per heavy atom. The molecule has 0 radical (unpaired) electrons. The summed E-state index contributed by atoms with van der Waals surface area (Å²) < 4.78 is 10.7. The highest BCUT2D eigenvalue weighted by molar-refractivity contribution is 5.51. The van der Waals surface area contributed by atoms with Gasteiger partial charge >= 0.3 is 0 Å². The molecule has 0 fully saturated rings. The molecule has 0 spiro atoms. The van der Waals surface area contributed by atoms with Crippen molar-refractivity contribution in [1.82, 2.24) is 4.90 Å². The summed E-state index contributed by atoms with van der Waals surface area (Å²) in [7, 11) is 3.29. The lowest BCUT2D eigenvalue weighted by Gasteiger charge is -2.31. The Morgan fingerprint density at radius 2 is 2.11 bits per heavy atom. The van der Waals surface area contributed by atoms with Gasteiger partial charge in [0.25, 0.3) is 0 Å². The zero-order valence-corrected chi connectivity index (χ0v) is 11.4. The lowest BCUT2D eigenvalue weighted by molar-refractivity contribution is 0.0549. The first-order valence-corrected chi connectivity index (χ1v) is 6.43. The molecule has 2 rings (SSSR count). The minimum atomic E-state index is -0.679. The van der Waals surface area contributed by atoms with Gasteiger partial charge in [-0.05, 0) is 18.1 Å². The Labute approximate surface area is 113 Å². The van der Waals surface area contributed by atoms with E-state index in [1.165, 1.54) is 11.1 Å². The first-order chi connectivity index (χ1) is 9.19. The first kappa shape index (κ1) is 14.1. The molecule has 0 aromatic heterocycles. The van der Waals surface area contributed by atoms with Crippen LogP contribution in [0.5, 0.6) is 11.5 Å². The molecule has 19 heavy (non-hydrogen) atoms. The van der Waals surface area contributed by atoms with E-state index in [0.717, 1.165) is 31.0 Å². The zero-order valence-electron chi connectivity index (χ0n) is 11.4. The fourth-order valence-corrected chi connectivity index (χ4v) is 2.56. The van der Waals surface area contributed by atoms with E-state index < -0.39 is 6.10 Å². The van der Waals surface area contributed by atoms with Gasteiger partial charge in [-0.15, -0.1) is 0 Å². The zero-order chi connectivity index (χ0) is 13.8. The summed E-state index contributed by atoms with van der Waals surface area (Å²) in [6.45, 7) is 1.89. The third-order valence-electron chi connectivity index (χ3n) is 3.50. The number of nitrogens with zero attached hydrogens (tertiary/aromatic N) is 1. The molecular weight excluding hydrogens is 246 g/mol. The number of hydrogen-bond acceptors (Lipinski definition) is 5. The molecular formula is C14H21NO4. The number of β-amino-alcohol motifs (C(OH)–C–C–N with tert-alkyl or cyclic N) is 1. The minimum absolute atomic E-state index is 0.199. The number of aliphatic hydroxyl groups excluding tert-OH is 2. The molecule has 1 aromatic rings.